The third kappa shape index (κ3) is 8.70. The molecule has 1 heterocycles. The number of carbonyl (C=O) groups excluding carboxylic acids is 2. The number of carbonyl (C=O) groups is 2. The van der Waals surface area contributed by atoms with Crippen LogP contribution in [0.4, 0.5) is 28.0 Å². The molecule has 51 heavy (non-hydrogen) atoms. The van der Waals surface area contributed by atoms with Crippen LogP contribution in [0.15, 0.2) is 89.8 Å². The van der Waals surface area contributed by atoms with Crippen LogP contribution in [-0.4, -0.2) is 63.0 Å². The first-order valence-corrected chi connectivity index (χ1v) is 17.7. The lowest BCUT2D eigenvalue weighted by atomic mass is 9.84. The number of nitrogens with one attached hydrogen (secondary N) is 3. The van der Waals surface area contributed by atoms with E-state index in [9.17, 15) is 31.2 Å². The lowest BCUT2D eigenvalue weighted by molar-refractivity contribution is -0.118. The van der Waals surface area contributed by atoms with Gasteiger partial charge in [-0.15, -0.1) is 0 Å². The molecule has 1 fully saturated rings. The molecule has 2 amide bonds. The largest absolute Gasteiger partial charge is 0.453 e. The van der Waals surface area contributed by atoms with Gasteiger partial charge in [0.2, 0.25) is 15.9 Å². The van der Waals surface area contributed by atoms with Gasteiger partial charge in [-0.1, -0.05) is 41.9 Å². The number of methoxy groups -OCH3 is 1. The second kappa shape index (κ2) is 16.2. The Kier molecular flexibility index (Phi) is 12.0. The Morgan fingerprint density at radius 1 is 0.922 bits per heavy atom. The maximum atomic E-state index is 15.5. The second-order valence-corrected chi connectivity index (χ2v) is 14.3. The van der Waals surface area contributed by atoms with Crippen LogP contribution in [-0.2, 0) is 26.0 Å². The number of anilines is 1. The van der Waals surface area contributed by atoms with Gasteiger partial charge < -0.3 is 20.7 Å². The molecule has 1 saturated heterocycles. The van der Waals surface area contributed by atoms with Crippen molar-refractivity contribution in [2.45, 2.75) is 48.7 Å². The molecule has 9 nitrogen and oxygen atoms in total. The molecule has 0 saturated carbocycles. The first-order valence-electron chi connectivity index (χ1n) is 15.9. The molecule has 15 heteroatoms. The Balaban J connectivity index is 1.47. The fourth-order valence-corrected chi connectivity index (χ4v) is 8.71. The van der Waals surface area contributed by atoms with Gasteiger partial charge in [-0.25, -0.2) is 30.8 Å². The molecule has 4 unspecified atom stereocenters. The Bertz CT molecular complexity index is 1980. The van der Waals surface area contributed by atoms with Gasteiger partial charge in [-0.05, 0) is 79.4 Å². The maximum absolute atomic E-state index is 15.5. The summed E-state index contributed by atoms with van der Waals surface area (Å²) in [6.45, 7) is 2.39. The van der Waals surface area contributed by atoms with Crippen molar-refractivity contribution in [3.8, 4) is 0 Å². The summed E-state index contributed by atoms with van der Waals surface area (Å²) in [5.41, 5.74) is 0.216. The third-order valence-corrected chi connectivity index (χ3v) is 11.2. The van der Waals surface area contributed by atoms with Crippen molar-refractivity contribution in [3.05, 3.63) is 130 Å². The summed E-state index contributed by atoms with van der Waals surface area (Å²) in [7, 11) is -3.01. The van der Waals surface area contributed by atoms with Crippen LogP contribution < -0.4 is 16.0 Å². The molecule has 0 bridgehead atoms. The Morgan fingerprint density at radius 3 is 2.27 bits per heavy atom. The van der Waals surface area contributed by atoms with Crippen molar-refractivity contribution in [2.75, 3.05) is 25.5 Å². The SMILES string of the molecule is COC(=O)NC(C(=O)Nc1cccc(F)c1CCC1CNCC(C)N1S(=O)(=O)c1ccccc1Cl)C(c1ccc(F)cc1)c1cc(F)cc(F)c1. The van der Waals surface area contributed by atoms with E-state index >= 15 is 4.39 Å². The van der Waals surface area contributed by atoms with Crippen LogP contribution in [0.3, 0.4) is 0 Å². The molecule has 270 valence electrons. The Labute approximate surface area is 298 Å². The number of nitrogens with zero attached hydrogens (tertiary/aromatic N) is 1. The molecule has 0 aromatic heterocycles. The van der Waals surface area contributed by atoms with Crippen molar-refractivity contribution in [2.24, 2.45) is 0 Å². The van der Waals surface area contributed by atoms with Gasteiger partial charge in [-0.2, -0.15) is 4.31 Å². The van der Waals surface area contributed by atoms with Crippen molar-refractivity contribution in [3.63, 3.8) is 0 Å². The highest BCUT2D eigenvalue weighted by Crippen LogP contribution is 2.33. The molecule has 0 spiro atoms. The van der Waals surface area contributed by atoms with Gasteiger partial charge in [-0.3, -0.25) is 4.79 Å². The smallest absolute Gasteiger partial charge is 0.407 e. The Morgan fingerprint density at radius 2 is 1.61 bits per heavy atom. The zero-order chi connectivity index (χ0) is 36.9. The monoisotopic (exact) mass is 746 g/mol. The van der Waals surface area contributed by atoms with Gasteiger partial charge in [0.25, 0.3) is 0 Å². The summed E-state index contributed by atoms with van der Waals surface area (Å²) in [6, 6.07) is 14.7. The number of hydrogen-bond acceptors (Lipinski definition) is 6. The molecule has 0 radical (unpaired) electrons. The number of hydrogen-bond donors (Lipinski definition) is 3. The lowest BCUT2D eigenvalue weighted by Gasteiger charge is -2.40. The average molecular weight is 747 g/mol. The summed E-state index contributed by atoms with van der Waals surface area (Å²) in [6.07, 6.45) is -0.950. The number of benzene rings is 4. The second-order valence-electron chi connectivity index (χ2n) is 12.1. The van der Waals surface area contributed by atoms with Gasteiger partial charge in [0, 0.05) is 48.4 Å². The van der Waals surface area contributed by atoms with E-state index in [-0.39, 0.29) is 51.7 Å². The maximum Gasteiger partial charge on any atom is 0.407 e. The van der Waals surface area contributed by atoms with Crippen LogP contribution >= 0.6 is 11.6 Å². The quantitative estimate of drug-likeness (QED) is 0.154. The average Bonchev–Trinajstić information content (AvgIpc) is 3.08. The van der Waals surface area contributed by atoms with E-state index in [1.54, 1.807) is 19.1 Å². The van der Waals surface area contributed by atoms with E-state index < -0.39 is 69.3 Å². The topological polar surface area (TPSA) is 117 Å². The minimum Gasteiger partial charge on any atom is -0.453 e. The van der Waals surface area contributed by atoms with Crippen molar-refractivity contribution in [1.82, 2.24) is 14.9 Å². The van der Waals surface area contributed by atoms with Gasteiger partial charge in [0.15, 0.2) is 0 Å². The fraction of sp³-hybridized carbons (Fsp3) is 0.278. The molecule has 1 aliphatic rings. The van der Waals surface area contributed by atoms with Crippen LogP contribution in [0.1, 0.15) is 36.0 Å². The number of halogens is 5. The predicted octanol–water partition coefficient (Wildman–Crippen LogP) is 6.38. The van der Waals surface area contributed by atoms with Gasteiger partial charge in [0.05, 0.1) is 12.1 Å². The van der Waals surface area contributed by atoms with Gasteiger partial charge in [0.1, 0.15) is 34.2 Å². The van der Waals surface area contributed by atoms with E-state index in [2.05, 4.69) is 16.0 Å². The van der Waals surface area contributed by atoms with Crippen molar-refractivity contribution < 1.29 is 40.3 Å². The predicted molar refractivity (Wildman–Crippen MR) is 184 cm³/mol. The van der Waals surface area contributed by atoms with Crippen LogP contribution in [0.2, 0.25) is 5.02 Å². The minimum absolute atomic E-state index is 0.0114. The lowest BCUT2D eigenvalue weighted by Crippen LogP contribution is -2.58. The third-order valence-electron chi connectivity index (χ3n) is 8.66. The zero-order valence-electron chi connectivity index (χ0n) is 27.5. The van der Waals surface area contributed by atoms with Crippen LogP contribution in [0.25, 0.3) is 0 Å². The molecule has 4 atom stereocenters. The summed E-state index contributed by atoms with van der Waals surface area (Å²) >= 11 is 6.28. The molecule has 4 aromatic carbocycles. The van der Waals surface area contributed by atoms with Gasteiger partial charge >= 0.3 is 6.09 Å². The number of amides is 2. The number of ether oxygens (including phenoxy) is 1. The Hall–Kier alpha value is -4.50. The number of piperazine rings is 1. The number of sulfonamides is 1. The van der Waals surface area contributed by atoms with Crippen molar-refractivity contribution in [1.29, 1.82) is 0 Å². The normalized spacial score (nSPS) is 17.7. The first kappa shape index (κ1) is 37.7. The highest BCUT2D eigenvalue weighted by Gasteiger charge is 2.39. The standard InChI is InChI=1S/C36H35ClF4N4O5S/c1-21-19-42-20-27(45(21)51(48,49)32-9-4-3-6-29(32)37)14-15-28-30(41)7-5-8-31(28)43-35(46)34(44-36(47)50-2)33(22-10-12-24(38)13-11-22)23-16-25(39)18-26(40)17-23/h3-13,16-18,21,27,33-34,42H,14-15,19-20H2,1-2H3,(H,43,46)(H,44,47). The molecular weight excluding hydrogens is 712 g/mol. The number of alkyl carbamates (subject to hydrolysis) is 1. The number of rotatable bonds is 11. The molecule has 1 aliphatic heterocycles. The summed E-state index contributed by atoms with van der Waals surface area (Å²) in [4.78, 5) is 26.6. The summed E-state index contributed by atoms with van der Waals surface area (Å²) < 4.78 is 92.2. The van der Waals surface area contributed by atoms with E-state index in [0.717, 1.165) is 31.4 Å². The summed E-state index contributed by atoms with van der Waals surface area (Å²) in [5, 5.41) is 8.32. The fourth-order valence-electron chi connectivity index (χ4n) is 6.37. The molecular formula is C36H35ClF4N4O5S. The minimum atomic E-state index is -4.06. The summed E-state index contributed by atoms with van der Waals surface area (Å²) in [5.74, 6) is -5.41. The molecule has 5 rings (SSSR count). The highest BCUT2D eigenvalue weighted by atomic mass is 35.5. The van der Waals surface area contributed by atoms with E-state index in [1.807, 2.05) is 0 Å². The highest BCUT2D eigenvalue weighted by molar-refractivity contribution is 7.89. The van der Waals surface area contributed by atoms with Crippen LogP contribution in [0.5, 0.6) is 0 Å². The molecule has 3 N–H and O–H groups in total. The van der Waals surface area contributed by atoms with Crippen molar-refractivity contribution >= 4 is 39.3 Å². The molecule has 0 aliphatic carbocycles. The van der Waals surface area contributed by atoms with E-state index in [1.165, 1.54) is 46.8 Å². The van der Waals surface area contributed by atoms with E-state index in [4.69, 9.17) is 16.3 Å². The zero-order valence-corrected chi connectivity index (χ0v) is 29.1. The first-order chi connectivity index (χ1) is 24.3. The van der Waals surface area contributed by atoms with Crippen LogP contribution in [0, 0.1) is 23.3 Å². The molecule has 4 aromatic rings. The van der Waals surface area contributed by atoms with E-state index in [0.29, 0.717) is 12.6 Å².